The molecule has 0 aromatic heterocycles. The highest BCUT2D eigenvalue weighted by atomic mass is 32.2. The predicted octanol–water partition coefficient (Wildman–Crippen LogP) is 7.21. The van der Waals surface area contributed by atoms with Crippen LogP contribution in [-0.4, -0.2) is 31.5 Å². The first-order valence-corrected chi connectivity index (χ1v) is 12.3. The van der Waals surface area contributed by atoms with Gasteiger partial charge in [-0.05, 0) is 73.0 Å². The number of thioether (sulfide) groups is 1. The molecule has 0 saturated heterocycles. The van der Waals surface area contributed by atoms with Crippen LogP contribution >= 0.6 is 11.8 Å². The topological polar surface area (TPSA) is 44.8 Å². The quantitative estimate of drug-likeness (QED) is 0.199. The molecule has 0 atom stereocenters. The van der Waals surface area contributed by atoms with Crippen molar-refractivity contribution in [2.45, 2.75) is 24.9 Å². The van der Waals surface area contributed by atoms with Gasteiger partial charge in [-0.1, -0.05) is 36.4 Å². The number of ether oxygens (including phenoxy) is 3. The number of halogens is 3. The number of hydrogen-bond donors (Lipinski definition) is 0. The molecule has 3 aromatic rings. The lowest BCUT2D eigenvalue weighted by atomic mass is 10.1. The fourth-order valence-corrected chi connectivity index (χ4v) is 4.16. The van der Waals surface area contributed by atoms with E-state index in [1.807, 2.05) is 61.5 Å². The van der Waals surface area contributed by atoms with Crippen LogP contribution in [0, 0.1) is 6.92 Å². The highest BCUT2D eigenvalue weighted by Crippen LogP contribution is 2.31. The number of hydrogen-bond acceptors (Lipinski definition) is 5. The summed E-state index contributed by atoms with van der Waals surface area (Å²) in [7, 11) is 0. The summed E-state index contributed by atoms with van der Waals surface area (Å²) in [6.07, 6.45) is -2.37. The molecule has 36 heavy (non-hydrogen) atoms. The van der Waals surface area contributed by atoms with Gasteiger partial charge in [-0.2, -0.15) is 13.2 Å². The lowest BCUT2D eigenvalue weighted by Gasteiger charge is -2.13. The summed E-state index contributed by atoms with van der Waals surface area (Å²) in [4.78, 5) is 12.5. The predicted molar refractivity (Wildman–Crippen MR) is 135 cm³/mol. The molecule has 3 rings (SSSR count). The van der Waals surface area contributed by atoms with Gasteiger partial charge in [0.25, 0.3) is 0 Å². The molecular formula is C28H27F3O4S. The Morgan fingerprint density at radius 2 is 1.67 bits per heavy atom. The molecule has 0 spiro atoms. The van der Waals surface area contributed by atoms with Crippen molar-refractivity contribution in [2.75, 3.05) is 25.6 Å². The summed E-state index contributed by atoms with van der Waals surface area (Å²) in [6.45, 7) is 4.03. The first kappa shape index (κ1) is 27.2. The van der Waals surface area contributed by atoms with Gasteiger partial charge in [0.1, 0.15) is 18.1 Å². The Balaban J connectivity index is 1.65. The van der Waals surface area contributed by atoms with Crippen LogP contribution in [-0.2, 0) is 15.7 Å². The van der Waals surface area contributed by atoms with Gasteiger partial charge in [-0.25, -0.2) is 4.79 Å². The number of carbonyl (C=O) groups excluding carboxylic acids is 1. The third kappa shape index (κ3) is 8.68. The Morgan fingerprint density at radius 1 is 0.944 bits per heavy atom. The minimum absolute atomic E-state index is 0.146. The molecule has 0 bridgehead atoms. The van der Waals surface area contributed by atoms with Crippen molar-refractivity contribution in [3.05, 3.63) is 95.1 Å². The second kappa shape index (κ2) is 13.1. The maximum Gasteiger partial charge on any atom is 0.416 e. The monoisotopic (exact) mass is 516 g/mol. The molecule has 0 aliphatic carbocycles. The molecule has 0 aliphatic heterocycles. The summed E-state index contributed by atoms with van der Waals surface area (Å²) in [5, 5.41) is 0. The van der Waals surface area contributed by atoms with Crippen molar-refractivity contribution >= 4 is 23.8 Å². The maximum atomic E-state index is 12.8. The fourth-order valence-electron chi connectivity index (χ4n) is 3.22. The van der Waals surface area contributed by atoms with Gasteiger partial charge in [0.2, 0.25) is 0 Å². The second-order valence-corrected chi connectivity index (χ2v) is 8.88. The third-order valence-corrected chi connectivity index (χ3v) is 6.10. The van der Waals surface area contributed by atoms with Crippen molar-refractivity contribution in [1.29, 1.82) is 0 Å². The summed E-state index contributed by atoms with van der Waals surface area (Å²) in [6, 6.07) is 20.1. The van der Waals surface area contributed by atoms with E-state index in [-0.39, 0.29) is 13.2 Å². The Morgan fingerprint density at radius 3 is 2.31 bits per heavy atom. The molecule has 0 aliphatic rings. The molecular weight excluding hydrogens is 489 g/mol. The van der Waals surface area contributed by atoms with E-state index in [0.717, 1.165) is 33.7 Å². The van der Waals surface area contributed by atoms with Crippen molar-refractivity contribution < 1.29 is 32.2 Å². The average molecular weight is 517 g/mol. The van der Waals surface area contributed by atoms with E-state index in [9.17, 15) is 18.0 Å². The summed E-state index contributed by atoms with van der Waals surface area (Å²) < 4.78 is 54.7. The van der Waals surface area contributed by atoms with Crippen LogP contribution in [0.3, 0.4) is 0 Å². The Labute approximate surface area is 213 Å². The molecule has 0 unspecified atom stereocenters. The zero-order valence-electron chi connectivity index (χ0n) is 20.0. The van der Waals surface area contributed by atoms with Crippen molar-refractivity contribution in [1.82, 2.24) is 0 Å². The lowest BCUT2D eigenvalue weighted by molar-refractivity contribution is -0.145. The normalized spacial score (nSPS) is 11.8. The summed E-state index contributed by atoms with van der Waals surface area (Å²) in [5.74, 6) is 1.17. The Hall–Kier alpha value is -3.39. The van der Waals surface area contributed by atoms with Crippen LogP contribution in [0.2, 0.25) is 0 Å². The van der Waals surface area contributed by atoms with Crippen LogP contribution in [0.5, 0.6) is 11.5 Å². The average Bonchev–Trinajstić information content (AvgIpc) is 2.85. The minimum atomic E-state index is -4.38. The van der Waals surface area contributed by atoms with Crippen LogP contribution in [0.4, 0.5) is 13.2 Å². The van der Waals surface area contributed by atoms with E-state index >= 15 is 0 Å². The molecule has 8 heteroatoms. The number of rotatable bonds is 11. The van der Waals surface area contributed by atoms with Gasteiger partial charge in [-0.3, -0.25) is 0 Å². The zero-order chi connectivity index (χ0) is 26.0. The van der Waals surface area contributed by atoms with Gasteiger partial charge in [0.05, 0.1) is 12.2 Å². The van der Waals surface area contributed by atoms with Crippen LogP contribution in [0.1, 0.15) is 23.6 Å². The molecule has 3 aromatic carbocycles. The van der Waals surface area contributed by atoms with Gasteiger partial charge < -0.3 is 14.2 Å². The van der Waals surface area contributed by atoms with Crippen molar-refractivity contribution in [2.24, 2.45) is 0 Å². The van der Waals surface area contributed by atoms with Gasteiger partial charge in [-0.15, -0.1) is 11.8 Å². The van der Waals surface area contributed by atoms with E-state index in [0.29, 0.717) is 23.9 Å². The smallest absolute Gasteiger partial charge is 0.416 e. The van der Waals surface area contributed by atoms with Gasteiger partial charge >= 0.3 is 12.1 Å². The molecule has 0 heterocycles. The number of carbonyl (C=O) groups is 1. The first-order chi connectivity index (χ1) is 17.2. The molecule has 0 radical (unpaired) electrons. The lowest BCUT2D eigenvalue weighted by Crippen LogP contribution is -2.14. The van der Waals surface area contributed by atoms with Crippen molar-refractivity contribution in [3.63, 3.8) is 0 Å². The van der Waals surface area contributed by atoms with Crippen LogP contribution in [0.15, 0.2) is 83.3 Å². The number of aryl methyl sites for hydroxylation is 1. The van der Waals surface area contributed by atoms with E-state index in [4.69, 9.17) is 14.2 Å². The van der Waals surface area contributed by atoms with E-state index in [1.165, 1.54) is 12.1 Å². The molecule has 0 N–H and O–H groups in total. The summed E-state index contributed by atoms with van der Waals surface area (Å²) >= 11 is 1.60. The summed E-state index contributed by atoms with van der Waals surface area (Å²) in [5.41, 5.74) is 2.14. The highest BCUT2D eigenvalue weighted by molar-refractivity contribution is 7.99. The van der Waals surface area contributed by atoms with Crippen LogP contribution in [0.25, 0.3) is 6.08 Å². The number of esters is 1. The Bertz CT molecular complexity index is 1160. The molecule has 4 nitrogen and oxygen atoms in total. The zero-order valence-corrected chi connectivity index (χ0v) is 20.8. The molecule has 0 fully saturated rings. The molecule has 0 amide bonds. The SMILES string of the molecule is CCOC(=O)COc1ccc(SC/C(=C/c2ccccc2)COc2ccc(C(F)(F)F)cc2)cc1C. The third-order valence-electron chi connectivity index (χ3n) is 5.00. The van der Waals surface area contributed by atoms with Crippen LogP contribution < -0.4 is 9.47 Å². The number of alkyl halides is 3. The highest BCUT2D eigenvalue weighted by Gasteiger charge is 2.30. The number of benzene rings is 3. The molecule has 190 valence electrons. The standard InChI is InChI=1S/C28H27F3O4S/c1-3-33-27(32)18-35-26-14-13-25(15-20(26)2)36-19-22(16-21-7-5-4-6-8-21)17-34-24-11-9-23(10-12-24)28(29,30)31/h4-16H,3,17-19H2,1-2H3/b22-16+. The Kier molecular flexibility index (Phi) is 9.87. The fraction of sp³-hybridized carbons (Fsp3) is 0.250. The minimum Gasteiger partial charge on any atom is -0.489 e. The van der Waals surface area contributed by atoms with E-state index in [2.05, 4.69) is 0 Å². The largest absolute Gasteiger partial charge is 0.489 e. The van der Waals surface area contributed by atoms with Crippen molar-refractivity contribution in [3.8, 4) is 11.5 Å². The molecule has 0 saturated carbocycles. The van der Waals surface area contributed by atoms with Gasteiger partial charge in [0, 0.05) is 10.6 Å². The maximum absolute atomic E-state index is 12.8. The second-order valence-electron chi connectivity index (χ2n) is 7.83. The van der Waals surface area contributed by atoms with Gasteiger partial charge in [0.15, 0.2) is 6.61 Å². The first-order valence-electron chi connectivity index (χ1n) is 11.3. The van der Waals surface area contributed by atoms with E-state index in [1.54, 1.807) is 18.7 Å². The van der Waals surface area contributed by atoms with E-state index < -0.39 is 17.7 Å².